The van der Waals surface area contributed by atoms with Crippen LogP contribution in [-0.4, -0.2) is 59.9 Å². The second-order valence-electron chi connectivity index (χ2n) is 7.79. The number of carbonyl (C=O) groups is 2. The van der Waals surface area contributed by atoms with Crippen LogP contribution in [0.2, 0.25) is 10.0 Å². The quantitative estimate of drug-likeness (QED) is 0.749. The number of hydrogen-bond acceptors (Lipinski definition) is 3. The molecule has 1 unspecified atom stereocenters. The Hall–Kier alpha value is -1.30. The minimum Gasteiger partial charge on any atom is -0.351 e. The summed E-state index contributed by atoms with van der Waals surface area (Å²) in [7, 11) is 0. The van der Waals surface area contributed by atoms with Gasteiger partial charge in [0.2, 0.25) is 5.91 Å². The van der Waals surface area contributed by atoms with E-state index in [1.165, 1.54) is 12.8 Å². The third-order valence-corrected chi connectivity index (χ3v) is 6.12. The van der Waals surface area contributed by atoms with Gasteiger partial charge in [-0.05, 0) is 56.8 Å². The normalized spacial score (nSPS) is 21.1. The molecule has 0 bridgehead atoms. The number of hydrogen-bond donors (Lipinski definition) is 1. The molecule has 1 aromatic carbocycles. The highest BCUT2D eigenvalue weighted by Crippen LogP contribution is 2.25. The summed E-state index contributed by atoms with van der Waals surface area (Å²) < 4.78 is 0. The lowest BCUT2D eigenvalue weighted by molar-refractivity contribution is -0.125. The molecule has 0 radical (unpaired) electrons. The standard InChI is InChI=1S/C21H29Cl2N3O2/c1-2-3-8-25-10-6-18(7-11-25)24-20(27)19-5-4-9-26(19)21(28)15-12-16(22)14-17(23)13-15/h12-14,18-19H,2-11H2,1H3,(H,24,27). The van der Waals surface area contributed by atoms with Crippen molar-refractivity contribution in [3.63, 3.8) is 0 Å². The Kier molecular flexibility index (Phi) is 7.61. The highest BCUT2D eigenvalue weighted by molar-refractivity contribution is 6.35. The SMILES string of the molecule is CCCCN1CCC(NC(=O)C2CCCN2C(=O)c2cc(Cl)cc(Cl)c2)CC1. The molecular weight excluding hydrogens is 397 g/mol. The summed E-state index contributed by atoms with van der Waals surface area (Å²) in [5.74, 6) is -0.220. The highest BCUT2D eigenvalue weighted by atomic mass is 35.5. The smallest absolute Gasteiger partial charge is 0.254 e. The maximum atomic E-state index is 12.9. The zero-order chi connectivity index (χ0) is 20.1. The van der Waals surface area contributed by atoms with E-state index in [9.17, 15) is 9.59 Å². The van der Waals surface area contributed by atoms with Crippen molar-refractivity contribution >= 4 is 35.0 Å². The van der Waals surface area contributed by atoms with E-state index in [1.807, 2.05) is 0 Å². The molecule has 5 nitrogen and oxygen atoms in total. The van der Waals surface area contributed by atoms with E-state index >= 15 is 0 Å². The Bertz CT molecular complexity index is 685. The minimum absolute atomic E-state index is 0.0361. The summed E-state index contributed by atoms with van der Waals surface area (Å²) >= 11 is 12.1. The Morgan fingerprint density at radius 2 is 1.75 bits per heavy atom. The van der Waals surface area contributed by atoms with Crippen molar-refractivity contribution in [3.8, 4) is 0 Å². The maximum absolute atomic E-state index is 12.9. The van der Waals surface area contributed by atoms with Gasteiger partial charge < -0.3 is 15.1 Å². The number of likely N-dealkylation sites (tertiary alicyclic amines) is 2. The number of nitrogens with one attached hydrogen (secondary N) is 1. The van der Waals surface area contributed by atoms with Crippen molar-refractivity contribution in [3.05, 3.63) is 33.8 Å². The minimum atomic E-state index is -0.414. The first kappa shape index (κ1) is 21.4. The van der Waals surface area contributed by atoms with Gasteiger partial charge in [0, 0.05) is 41.3 Å². The molecule has 7 heteroatoms. The summed E-state index contributed by atoms with van der Waals surface area (Å²) in [5, 5.41) is 4.03. The first-order valence-corrected chi connectivity index (χ1v) is 11.0. The van der Waals surface area contributed by atoms with Crippen LogP contribution in [-0.2, 0) is 4.79 Å². The van der Waals surface area contributed by atoms with Crippen LogP contribution in [0, 0.1) is 0 Å². The maximum Gasteiger partial charge on any atom is 0.254 e. The van der Waals surface area contributed by atoms with E-state index < -0.39 is 6.04 Å². The van der Waals surface area contributed by atoms with Gasteiger partial charge in [-0.15, -0.1) is 0 Å². The average molecular weight is 426 g/mol. The highest BCUT2D eigenvalue weighted by Gasteiger charge is 2.35. The average Bonchev–Trinajstić information content (AvgIpc) is 3.16. The van der Waals surface area contributed by atoms with Crippen molar-refractivity contribution in [2.24, 2.45) is 0 Å². The third kappa shape index (κ3) is 5.40. The zero-order valence-corrected chi connectivity index (χ0v) is 17.9. The summed E-state index contributed by atoms with van der Waals surface area (Å²) in [6.45, 7) is 5.98. The van der Waals surface area contributed by atoms with Crippen LogP contribution in [0.15, 0.2) is 18.2 Å². The molecule has 2 fully saturated rings. The van der Waals surface area contributed by atoms with E-state index in [0.29, 0.717) is 28.6 Å². The number of unbranched alkanes of at least 4 members (excludes halogenated alkanes) is 1. The Morgan fingerprint density at radius 3 is 2.39 bits per heavy atom. The molecule has 154 valence electrons. The molecule has 2 saturated heterocycles. The number of amides is 2. The van der Waals surface area contributed by atoms with Crippen LogP contribution in [0.25, 0.3) is 0 Å². The Morgan fingerprint density at radius 1 is 1.07 bits per heavy atom. The van der Waals surface area contributed by atoms with Gasteiger partial charge in [-0.1, -0.05) is 36.5 Å². The van der Waals surface area contributed by atoms with E-state index in [1.54, 1.807) is 23.1 Å². The number of carbonyl (C=O) groups excluding carboxylic acids is 2. The molecule has 28 heavy (non-hydrogen) atoms. The predicted octanol–water partition coefficient (Wildman–Crippen LogP) is 3.98. The number of benzene rings is 1. The molecule has 1 aromatic rings. The van der Waals surface area contributed by atoms with Crippen LogP contribution in [0.1, 0.15) is 55.8 Å². The van der Waals surface area contributed by atoms with Gasteiger partial charge in [0.15, 0.2) is 0 Å². The van der Waals surface area contributed by atoms with Gasteiger partial charge in [0.1, 0.15) is 6.04 Å². The second kappa shape index (κ2) is 9.95. The lowest BCUT2D eigenvalue weighted by Gasteiger charge is -2.33. The fourth-order valence-electron chi connectivity index (χ4n) is 4.11. The topological polar surface area (TPSA) is 52.7 Å². The fourth-order valence-corrected chi connectivity index (χ4v) is 4.63. The molecule has 2 heterocycles. The number of nitrogens with zero attached hydrogens (tertiary/aromatic N) is 2. The molecule has 2 aliphatic rings. The van der Waals surface area contributed by atoms with Gasteiger partial charge in [-0.2, -0.15) is 0 Å². The molecule has 2 amide bonds. The van der Waals surface area contributed by atoms with Gasteiger partial charge >= 0.3 is 0 Å². The van der Waals surface area contributed by atoms with Gasteiger partial charge in [-0.25, -0.2) is 0 Å². The summed E-state index contributed by atoms with van der Waals surface area (Å²) in [5.41, 5.74) is 0.432. The van der Waals surface area contributed by atoms with Crippen molar-refractivity contribution in [1.82, 2.24) is 15.1 Å². The number of piperidine rings is 1. The van der Waals surface area contributed by atoms with Crippen LogP contribution >= 0.6 is 23.2 Å². The molecule has 0 spiro atoms. The molecule has 3 rings (SSSR count). The summed E-state index contributed by atoms with van der Waals surface area (Å²) in [4.78, 5) is 29.9. The van der Waals surface area contributed by atoms with Crippen LogP contribution < -0.4 is 5.32 Å². The van der Waals surface area contributed by atoms with Crippen LogP contribution in [0.4, 0.5) is 0 Å². The molecule has 0 aliphatic carbocycles. The molecule has 2 aliphatic heterocycles. The van der Waals surface area contributed by atoms with E-state index in [0.717, 1.165) is 38.9 Å². The van der Waals surface area contributed by atoms with Gasteiger partial charge in [-0.3, -0.25) is 9.59 Å². The van der Waals surface area contributed by atoms with Gasteiger partial charge in [0.25, 0.3) is 5.91 Å². The van der Waals surface area contributed by atoms with E-state index in [4.69, 9.17) is 23.2 Å². The molecule has 1 N–H and O–H groups in total. The fraction of sp³-hybridized carbons (Fsp3) is 0.619. The zero-order valence-electron chi connectivity index (χ0n) is 16.4. The second-order valence-corrected chi connectivity index (χ2v) is 8.67. The third-order valence-electron chi connectivity index (χ3n) is 5.69. The summed E-state index contributed by atoms with van der Waals surface area (Å²) in [6, 6.07) is 4.59. The summed E-state index contributed by atoms with van der Waals surface area (Å²) in [6.07, 6.45) is 5.90. The van der Waals surface area contributed by atoms with Crippen molar-refractivity contribution in [2.45, 2.75) is 57.5 Å². The Balaban J connectivity index is 1.57. The first-order chi connectivity index (χ1) is 13.5. The number of halogens is 2. The van der Waals surface area contributed by atoms with Crippen LogP contribution in [0.3, 0.4) is 0 Å². The molecule has 0 aromatic heterocycles. The predicted molar refractivity (Wildman–Crippen MR) is 113 cm³/mol. The lowest BCUT2D eigenvalue weighted by Crippen LogP contribution is -2.51. The van der Waals surface area contributed by atoms with Crippen LogP contribution in [0.5, 0.6) is 0 Å². The molecule has 0 saturated carbocycles. The van der Waals surface area contributed by atoms with Crippen molar-refractivity contribution in [2.75, 3.05) is 26.2 Å². The number of rotatable bonds is 6. The van der Waals surface area contributed by atoms with Crippen molar-refractivity contribution in [1.29, 1.82) is 0 Å². The monoisotopic (exact) mass is 425 g/mol. The molecular formula is C21H29Cl2N3O2. The first-order valence-electron chi connectivity index (χ1n) is 10.3. The Labute approximate surface area is 177 Å². The molecule has 1 atom stereocenters. The van der Waals surface area contributed by atoms with Gasteiger partial charge in [0.05, 0.1) is 0 Å². The largest absolute Gasteiger partial charge is 0.351 e. The van der Waals surface area contributed by atoms with Crippen molar-refractivity contribution < 1.29 is 9.59 Å². The van der Waals surface area contributed by atoms with E-state index in [-0.39, 0.29) is 17.9 Å². The lowest BCUT2D eigenvalue weighted by atomic mass is 10.0. The van der Waals surface area contributed by atoms with E-state index in [2.05, 4.69) is 17.1 Å².